The van der Waals surface area contributed by atoms with Crippen LogP contribution in [0.3, 0.4) is 0 Å². The summed E-state index contributed by atoms with van der Waals surface area (Å²) < 4.78 is 0.398. The summed E-state index contributed by atoms with van der Waals surface area (Å²) in [5.41, 5.74) is -0.0338. The molecule has 1 aromatic carbocycles. The number of carbonyl (C=O) groups is 1. The largest absolute Gasteiger partial charge is 0.325 e. The zero-order valence-corrected chi connectivity index (χ0v) is 13.4. The van der Waals surface area contributed by atoms with Gasteiger partial charge in [0.15, 0.2) is 0 Å². The van der Waals surface area contributed by atoms with Crippen molar-refractivity contribution in [1.29, 1.82) is 0 Å². The minimum Gasteiger partial charge on any atom is -0.325 e. The Labute approximate surface area is 131 Å². The lowest BCUT2D eigenvalue weighted by atomic mass is 9.77. The average molecular weight is 356 g/mol. The van der Waals surface area contributed by atoms with Gasteiger partial charge in [-0.05, 0) is 53.9 Å². The molecule has 1 aliphatic heterocycles. The standard InChI is InChI=1S/C14H18BrN3O3/c1-2-14(6-3-7-16-9-14)13(19)17-10-4-5-11(15)12(8-10)18(20)21/h4-5,8,16H,2-3,6-7,9H2,1H3,(H,17,19). The van der Waals surface area contributed by atoms with E-state index in [0.29, 0.717) is 16.7 Å². The molecule has 0 aromatic heterocycles. The highest BCUT2D eigenvalue weighted by atomic mass is 79.9. The molecule has 1 unspecified atom stereocenters. The van der Waals surface area contributed by atoms with Crippen LogP contribution in [0, 0.1) is 15.5 Å². The summed E-state index contributed by atoms with van der Waals surface area (Å²) in [6, 6.07) is 4.61. The van der Waals surface area contributed by atoms with Crippen LogP contribution in [0.5, 0.6) is 0 Å². The zero-order chi connectivity index (χ0) is 15.5. The molecule has 1 saturated heterocycles. The molecule has 0 radical (unpaired) electrons. The molecule has 1 heterocycles. The normalized spacial score (nSPS) is 21.8. The van der Waals surface area contributed by atoms with E-state index in [1.807, 2.05) is 6.92 Å². The van der Waals surface area contributed by atoms with Crippen LogP contribution in [-0.2, 0) is 4.79 Å². The van der Waals surface area contributed by atoms with Crippen LogP contribution in [0.15, 0.2) is 22.7 Å². The number of nitro groups is 1. The first kappa shape index (κ1) is 15.9. The molecular formula is C14H18BrN3O3. The number of benzene rings is 1. The van der Waals surface area contributed by atoms with Crippen molar-refractivity contribution in [2.75, 3.05) is 18.4 Å². The van der Waals surface area contributed by atoms with E-state index in [9.17, 15) is 14.9 Å². The first-order valence-electron chi connectivity index (χ1n) is 6.94. The summed E-state index contributed by atoms with van der Waals surface area (Å²) in [5, 5.41) is 17.0. The summed E-state index contributed by atoms with van der Waals surface area (Å²) in [7, 11) is 0. The fourth-order valence-corrected chi connectivity index (χ4v) is 3.01. The molecule has 1 atom stereocenters. The Kier molecular flexibility index (Phi) is 4.95. The summed E-state index contributed by atoms with van der Waals surface area (Å²) in [5.74, 6) is -0.0752. The second kappa shape index (κ2) is 6.53. The van der Waals surface area contributed by atoms with Crippen molar-refractivity contribution >= 4 is 33.2 Å². The van der Waals surface area contributed by atoms with Gasteiger partial charge in [0.25, 0.3) is 5.69 Å². The van der Waals surface area contributed by atoms with Crippen molar-refractivity contribution in [2.45, 2.75) is 26.2 Å². The van der Waals surface area contributed by atoms with Crippen molar-refractivity contribution in [3.05, 3.63) is 32.8 Å². The number of halogens is 1. The van der Waals surface area contributed by atoms with Gasteiger partial charge in [0.2, 0.25) is 5.91 Å². The van der Waals surface area contributed by atoms with Crippen molar-refractivity contribution in [3.8, 4) is 0 Å². The van der Waals surface area contributed by atoms with Crippen LogP contribution < -0.4 is 10.6 Å². The third-order valence-electron chi connectivity index (χ3n) is 4.03. The Bertz CT molecular complexity index is 556. The lowest BCUT2D eigenvalue weighted by Gasteiger charge is -2.35. The van der Waals surface area contributed by atoms with Gasteiger partial charge in [-0.1, -0.05) is 6.92 Å². The van der Waals surface area contributed by atoms with Gasteiger partial charge < -0.3 is 10.6 Å². The summed E-state index contributed by atoms with van der Waals surface area (Å²) in [4.78, 5) is 23.0. The summed E-state index contributed by atoms with van der Waals surface area (Å²) in [6.45, 7) is 3.57. The van der Waals surface area contributed by atoms with Gasteiger partial charge in [-0.2, -0.15) is 0 Å². The fraction of sp³-hybridized carbons (Fsp3) is 0.500. The number of amides is 1. The molecule has 6 nitrogen and oxygen atoms in total. The number of hydrogen-bond donors (Lipinski definition) is 2. The molecule has 0 bridgehead atoms. The fourth-order valence-electron chi connectivity index (χ4n) is 2.62. The number of nitro benzene ring substituents is 1. The van der Waals surface area contributed by atoms with Crippen molar-refractivity contribution in [2.24, 2.45) is 5.41 Å². The van der Waals surface area contributed by atoms with Crippen LogP contribution in [0.1, 0.15) is 26.2 Å². The van der Waals surface area contributed by atoms with Gasteiger partial charge in [-0.15, -0.1) is 0 Å². The topological polar surface area (TPSA) is 84.3 Å². The monoisotopic (exact) mass is 355 g/mol. The van der Waals surface area contributed by atoms with E-state index in [1.54, 1.807) is 12.1 Å². The van der Waals surface area contributed by atoms with Gasteiger partial charge in [0, 0.05) is 18.3 Å². The SMILES string of the molecule is CCC1(C(=O)Nc2ccc(Br)c([N+](=O)[O-])c2)CCCNC1. The summed E-state index contributed by atoms with van der Waals surface area (Å²) in [6.07, 6.45) is 2.53. The number of rotatable bonds is 4. The maximum atomic E-state index is 12.6. The molecule has 1 amide bonds. The van der Waals surface area contributed by atoms with E-state index in [4.69, 9.17) is 0 Å². The lowest BCUT2D eigenvalue weighted by Crippen LogP contribution is -2.47. The van der Waals surface area contributed by atoms with Gasteiger partial charge in [-0.25, -0.2) is 0 Å². The molecule has 21 heavy (non-hydrogen) atoms. The number of hydrogen-bond acceptors (Lipinski definition) is 4. The van der Waals surface area contributed by atoms with Crippen LogP contribution in [0.2, 0.25) is 0 Å². The zero-order valence-electron chi connectivity index (χ0n) is 11.8. The van der Waals surface area contributed by atoms with Crippen molar-refractivity contribution in [3.63, 3.8) is 0 Å². The molecule has 0 saturated carbocycles. The molecule has 2 N–H and O–H groups in total. The minimum absolute atomic E-state index is 0.0554. The maximum absolute atomic E-state index is 12.6. The van der Waals surface area contributed by atoms with E-state index < -0.39 is 10.3 Å². The van der Waals surface area contributed by atoms with Gasteiger partial charge >= 0.3 is 0 Å². The molecule has 2 rings (SSSR count). The number of carbonyl (C=O) groups excluding carboxylic acids is 1. The quantitative estimate of drug-likeness (QED) is 0.641. The van der Waals surface area contributed by atoms with E-state index in [2.05, 4.69) is 26.6 Å². The molecule has 114 valence electrons. The van der Waals surface area contributed by atoms with Crippen molar-refractivity contribution in [1.82, 2.24) is 5.32 Å². The Morgan fingerprint density at radius 2 is 2.33 bits per heavy atom. The Morgan fingerprint density at radius 3 is 2.90 bits per heavy atom. The Morgan fingerprint density at radius 1 is 1.57 bits per heavy atom. The average Bonchev–Trinajstić information content (AvgIpc) is 2.49. The number of anilines is 1. The van der Waals surface area contributed by atoms with Crippen LogP contribution in [0.25, 0.3) is 0 Å². The molecule has 1 fully saturated rings. The van der Waals surface area contributed by atoms with E-state index >= 15 is 0 Å². The predicted molar refractivity (Wildman–Crippen MR) is 84.3 cm³/mol. The first-order valence-corrected chi connectivity index (χ1v) is 7.74. The molecule has 1 aromatic rings. The van der Waals surface area contributed by atoms with Crippen molar-refractivity contribution < 1.29 is 9.72 Å². The highest BCUT2D eigenvalue weighted by Gasteiger charge is 2.37. The third-order valence-corrected chi connectivity index (χ3v) is 4.70. The summed E-state index contributed by atoms with van der Waals surface area (Å²) >= 11 is 3.13. The number of piperidine rings is 1. The smallest absolute Gasteiger partial charge is 0.285 e. The van der Waals surface area contributed by atoms with Gasteiger partial charge in [0.05, 0.1) is 14.8 Å². The molecule has 7 heteroatoms. The Balaban J connectivity index is 2.19. The van der Waals surface area contributed by atoms with E-state index in [0.717, 1.165) is 25.8 Å². The molecular weight excluding hydrogens is 338 g/mol. The molecule has 0 aliphatic carbocycles. The number of nitrogens with one attached hydrogen (secondary N) is 2. The van der Waals surface area contributed by atoms with Crippen LogP contribution in [-0.4, -0.2) is 23.9 Å². The molecule has 1 aliphatic rings. The van der Waals surface area contributed by atoms with E-state index in [1.165, 1.54) is 6.07 Å². The minimum atomic E-state index is -0.475. The first-order chi connectivity index (χ1) is 9.98. The second-order valence-electron chi connectivity index (χ2n) is 5.29. The molecule has 0 spiro atoms. The van der Waals surface area contributed by atoms with Gasteiger partial charge in [-0.3, -0.25) is 14.9 Å². The predicted octanol–water partition coefficient (Wildman–Crippen LogP) is 3.08. The van der Waals surface area contributed by atoms with Crippen LogP contribution in [0.4, 0.5) is 11.4 Å². The number of nitrogens with zero attached hydrogens (tertiary/aromatic N) is 1. The highest BCUT2D eigenvalue weighted by Crippen LogP contribution is 2.33. The van der Waals surface area contributed by atoms with Crippen LogP contribution >= 0.6 is 15.9 Å². The Hall–Kier alpha value is -1.47. The highest BCUT2D eigenvalue weighted by molar-refractivity contribution is 9.10. The lowest BCUT2D eigenvalue weighted by molar-refractivity contribution is -0.385. The maximum Gasteiger partial charge on any atom is 0.285 e. The van der Waals surface area contributed by atoms with E-state index in [-0.39, 0.29) is 11.6 Å². The third kappa shape index (κ3) is 3.41. The van der Waals surface area contributed by atoms with Gasteiger partial charge in [0.1, 0.15) is 0 Å². The second-order valence-corrected chi connectivity index (χ2v) is 6.15.